The van der Waals surface area contributed by atoms with Crippen molar-refractivity contribution in [1.29, 1.82) is 0 Å². The summed E-state index contributed by atoms with van der Waals surface area (Å²) in [5.41, 5.74) is 0. The number of likely N-dealkylation sites (tertiary alicyclic amines) is 1. The number of aromatic nitrogens is 2. The summed E-state index contributed by atoms with van der Waals surface area (Å²) in [6.07, 6.45) is 1.67. The van der Waals surface area contributed by atoms with E-state index >= 15 is 0 Å². The van der Waals surface area contributed by atoms with Crippen LogP contribution in [0.2, 0.25) is 5.15 Å². The van der Waals surface area contributed by atoms with Gasteiger partial charge in [-0.1, -0.05) is 11.6 Å². The summed E-state index contributed by atoms with van der Waals surface area (Å²) in [5.74, 6) is -0.153. The van der Waals surface area contributed by atoms with E-state index in [0.717, 1.165) is 18.9 Å². The Kier molecular flexibility index (Phi) is 3.24. The predicted octanol–water partition coefficient (Wildman–Crippen LogP) is 0.605. The van der Waals surface area contributed by atoms with E-state index < -0.39 is 5.97 Å². The second-order valence-electron chi connectivity index (χ2n) is 5.23. The van der Waals surface area contributed by atoms with Crippen LogP contribution in [0.15, 0.2) is 6.20 Å². The van der Waals surface area contributed by atoms with E-state index in [-0.39, 0.29) is 17.9 Å². The van der Waals surface area contributed by atoms with Crippen molar-refractivity contribution < 1.29 is 14.6 Å². The van der Waals surface area contributed by atoms with E-state index in [1.807, 2.05) is 11.6 Å². The second-order valence-corrected chi connectivity index (χ2v) is 5.62. The first-order chi connectivity index (χ1) is 9.06. The van der Waals surface area contributed by atoms with Crippen LogP contribution in [0.1, 0.15) is 5.82 Å². The number of halogens is 1. The van der Waals surface area contributed by atoms with Gasteiger partial charge in [0.05, 0.1) is 31.4 Å². The van der Waals surface area contributed by atoms with Crippen LogP contribution in [-0.2, 0) is 23.1 Å². The van der Waals surface area contributed by atoms with Gasteiger partial charge in [-0.25, -0.2) is 4.98 Å². The summed E-state index contributed by atoms with van der Waals surface area (Å²) in [6.45, 7) is 2.52. The molecule has 0 aromatic carbocycles. The molecule has 0 spiro atoms. The van der Waals surface area contributed by atoms with Crippen LogP contribution in [0.4, 0.5) is 0 Å². The highest BCUT2D eigenvalue weighted by atomic mass is 35.5. The quantitative estimate of drug-likeness (QED) is 0.881. The summed E-state index contributed by atoms with van der Waals surface area (Å²) in [4.78, 5) is 17.6. The predicted molar refractivity (Wildman–Crippen MR) is 67.9 cm³/mol. The molecule has 2 aliphatic rings. The monoisotopic (exact) mass is 285 g/mol. The van der Waals surface area contributed by atoms with E-state index in [4.69, 9.17) is 21.4 Å². The molecule has 7 heteroatoms. The van der Waals surface area contributed by atoms with Crippen LogP contribution in [0.3, 0.4) is 0 Å². The molecule has 0 aliphatic carbocycles. The Balaban J connectivity index is 1.67. The normalized spacial score (nSPS) is 30.7. The first-order valence-corrected chi connectivity index (χ1v) is 6.67. The zero-order valence-corrected chi connectivity index (χ0v) is 11.4. The first kappa shape index (κ1) is 12.9. The van der Waals surface area contributed by atoms with Gasteiger partial charge < -0.3 is 14.4 Å². The maximum absolute atomic E-state index is 11.1. The molecule has 1 aromatic heterocycles. The fourth-order valence-corrected chi connectivity index (χ4v) is 3.09. The van der Waals surface area contributed by atoms with E-state index in [1.54, 1.807) is 6.20 Å². The van der Waals surface area contributed by atoms with Crippen LogP contribution in [0.5, 0.6) is 0 Å². The highest BCUT2D eigenvalue weighted by molar-refractivity contribution is 6.29. The maximum Gasteiger partial charge on any atom is 0.309 e. The van der Waals surface area contributed by atoms with Crippen LogP contribution >= 0.6 is 11.6 Å². The van der Waals surface area contributed by atoms with Gasteiger partial charge in [-0.3, -0.25) is 9.69 Å². The number of hydrogen-bond donors (Lipinski definition) is 1. The average Bonchev–Trinajstić information content (AvgIpc) is 2.98. The fourth-order valence-electron chi connectivity index (χ4n) is 2.95. The number of aliphatic carboxylic acids is 1. The molecule has 3 atom stereocenters. The van der Waals surface area contributed by atoms with Gasteiger partial charge in [-0.2, -0.15) is 0 Å². The fraction of sp³-hybridized carbons (Fsp3) is 0.667. The minimum absolute atomic E-state index is 0.0387. The topological polar surface area (TPSA) is 67.6 Å². The standard InChI is InChI=1S/C12H16ClN3O3/c1-15-10(13)2-14-11(15)5-16-3-7-8(12(17)18)6-19-9(7)4-16/h2,7-9H,3-6H2,1H3,(H,17,18)/t7-,8-,9-/m0/s1. The maximum atomic E-state index is 11.1. The van der Waals surface area contributed by atoms with Crippen molar-refractivity contribution in [3.8, 4) is 0 Å². The number of rotatable bonds is 3. The van der Waals surface area contributed by atoms with E-state index in [2.05, 4.69) is 9.88 Å². The van der Waals surface area contributed by atoms with Gasteiger partial charge in [-0.15, -0.1) is 0 Å². The first-order valence-electron chi connectivity index (χ1n) is 6.29. The molecule has 3 heterocycles. The lowest BCUT2D eigenvalue weighted by Crippen LogP contribution is -2.28. The van der Waals surface area contributed by atoms with Crippen LogP contribution in [-0.4, -0.2) is 51.3 Å². The van der Waals surface area contributed by atoms with E-state index in [9.17, 15) is 4.79 Å². The molecule has 19 heavy (non-hydrogen) atoms. The third-order valence-electron chi connectivity index (χ3n) is 4.10. The zero-order valence-electron chi connectivity index (χ0n) is 10.6. The van der Waals surface area contributed by atoms with Crippen molar-refractivity contribution in [3.05, 3.63) is 17.2 Å². The number of hydrogen-bond acceptors (Lipinski definition) is 4. The number of carbonyl (C=O) groups is 1. The number of ether oxygens (including phenoxy) is 1. The van der Waals surface area contributed by atoms with Crippen molar-refractivity contribution in [3.63, 3.8) is 0 Å². The Labute approximate surface area is 115 Å². The number of carboxylic acid groups (broad SMARTS) is 1. The SMILES string of the molecule is Cn1c(Cl)cnc1CN1C[C@@H]2[C@H](C1)OC[C@@H]2C(=O)O. The zero-order chi connectivity index (χ0) is 13.6. The second kappa shape index (κ2) is 4.77. The van der Waals surface area contributed by atoms with Gasteiger partial charge in [0.2, 0.25) is 0 Å². The molecule has 2 fully saturated rings. The van der Waals surface area contributed by atoms with Crippen molar-refractivity contribution in [2.24, 2.45) is 18.9 Å². The largest absolute Gasteiger partial charge is 0.481 e. The van der Waals surface area contributed by atoms with Crippen molar-refractivity contribution in [2.45, 2.75) is 12.6 Å². The molecule has 6 nitrogen and oxygen atoms in total. The number of imidazole rings is 1. The van der Waals surface area contributed by atoms with E-state index in [0.29, 0.717) is 18.3 Å². The lowest BCUT2D eigenvalue weighted by atomic mass is 9.93. The third kappa shape index (κ3) is 2.24. The Hall–Kier alpha value is -1.11. The molecular weight excluding hydrogens is 270 g/mol. The molecular formula is C12H16ClN3O3. The van der Waals surface area contributed by atoms with Gasteiger partial charge in [0, 0.05) is 26.1 Å². The Morgan fingerprint density at radius 3 is 3.05 bits per heavy atom. The summed E-state index contributed by atoms with van der Waals surface area (Å²) in [5, 5.41) is 9.76. The van der Waals surface area contributed by atoms with Gasteiger partial charge in [-0.05, 0) is 0 Å². The van der Waals surface area contributed by atoms with Crippen molar-refractivity contribution in [1.82, 2.24) is 14.5 Å². The lowest BCUT2D eigenvalue weighted by Gasteiger charge is -2.17. The molecule has 0 amide bonds. The molecule has 3 rings (SSSR count). The molecule has 0 unspecified atom stereocenters. The lowest BCUT2D eigenvalue weighted by molar-refractivity contribution is -0.142. The molecule has 2 saturated heterocycles. The third-order valence-corrected chi connectivity index (χ3v) is 4.45. The highest BCUT2D eigenvalue weighted by Crippen LogP contribution is 2.34. The minimum Gasteiger partial charge on any atom is -0.481 e. The minimum atomic E-state index is -0.755. The Morgan fingerprint density at radius 2 is 2.42 bits per heavy atom. The number of fused-ring (bicyclic) bond motifs is 1. The Morgan fingerprint density at radius 1 is 1.63 bits per heavy atom. The van der Waals surface area contributed by atoms with Gasteiger partial charge in [0.25, 0.3) is 0 Å². The molecule has 2 aliphatic heterocycles. The molecule has 1 N–H and O–H groups in total. The van der Waals surface area contributed by atoms with Crippen LogP contribution in [0.25, 0.3) is 0 Å². The molecule has 0 radical (unpaired) electrons. The summed E-state index contributed by atoms with van der Waals surface area (Å²) in [7, 11) is 1.87. The average molecular weight is 286 g/mol. The summed E-state index contributed by atoms with van der Waals surface area (Å²) in [6, 6.07) is 0. The Bertz CT molecular complexity index is 504. The van der Waals surface area contributed by atoms with E-state index in [1.165, 1.54) is 0 Å². The molecule has 0 bridgehead atoms. The summed E-state index contributed by atoms with van der Waals surface area (Å²) < 4.78 is 7.42. The summed E-state index contributed by atoms with van der Waals surface area (Å²) >= 11 is 5.95. The van der Waals surface area contributed by atoms with Gasteiger partial charge >= 0.3 is 5.97 Å². The number of carboxylic acids is 1. The van der Waals surface area contributed by atoms with Crippen LogP contribution in [0, 0.1) is 11.8 Å². The molecule has 104 valence electrons. The van der Waals surface area contributed by atoms with Crippen molar-refractivity contribution >= 4 is 17.6 Å². The van der Waals surface area contributed by atoms with Crippen molar-refractivity contribution in [2.75, 3.05) is 19.7 Å². The molecule has 0 saturated carbocycles. The van der Waals surface area contributed by atoms with Gasteiger partial charge in [0.1, 0.15) is 11.0 Å². The smallest absolute Gasteiger partial charge is 0.309 e. The van der Waals surface area contributed by atoms with Gasteiger partial charge in [0.15, 0.2) is 0 Å². The van der Waals surface area contributed by atoms with Crippen LogP contribution < -0.4 is 0 Å². The highest BCUT2D eigenvalue weighted by Gasteiger charge is 2.47. The molecule has 1 aromatic rings. The number of nitrogens with zero attached hydrogens (tertiary/aromatic N) is 3.